The highest BCUT2D eigenvalue weighted by molar-refractivity contribution is 7.90. The van der Waals surface area contributed by atoms with Gasteiger partial charge in [0.2, 0.25) is 0 Å². The molecule has 1 fully saturated rings. The molecule has 1 aliphatic carbocycles. The summed E-state index contributed by atoms with van der Waals surface area (Å²) in [5, 5.41) is 0. The predicted octanol–water partition coefficient (Wildman–Crippen LogP) is 0.729. The fourth-order valence-corrected chi connectivity index (χ4v) is 2.62. The van der Waals surface area contributed by atoms with Crippen LogP contribution >= 0.6 is 12.2 Å². The van der Waals surface area contributed by atoms with Crippen molar-refractivity contribution in [3.05, 3.63) is 29.8 Å². The van der Waals surface area contributed by atoms with Crippen molar-refractivity contribution in [3.8, 4) is 0 Å². The van der Waals surface area contributed by atoms with Crippen molar-refractivity contribution in [3.63, 3.8) is 0 Å². The van der Waals surface area contributed by atoms with Crippen molar-refractivity contribution in [2.45, 2.75) is 18.9 Å². The second-order valence-electron chi connectivity index (χ2n) is 3.94. The Kier molecular flexibility index (Phi) is 3.32. The molecule has 1 aromatic carbocycles. The van der Waals surface area contributed by atoms with Crippen molar-refractivity contribution in [2.75, 3.05) is 4.72 Å². The molecule has 0 radical (unpaired) electrons. The van der Waals surface area contributed by atoms with Crippen LogP contribution in [0.5, 0.6) is 0 Å². The zero-order valence-electron chi connectivity index (χ0n) is 9.01. The minimum atomic E-state index is -3.47. The van der Waals surface area contributed by atoms with Gasteiger partial charge in [0.25, 0.3) is 10.2 Å². The lowest BCUT2D eigenvalue weighted by molar-refractivity contribution is 0.586. The summed E-state index contributed by atoms with van der Waals surface area (Å²) >= 11 is 4.81. The summed E-state index contributed by atoms with van der Waals surface area (Å²) < 4.78 is 28.2. The van der Waals surface area contributed by atoms with E-state index in [1.807, 2.05) is 0 Å². The van der Waals surface area contributed by atoms with E-state index in [1.54, 1.807) is 24.3 Å². The summed E-state index contributed by atoms with van der Waals surface area (Å²) in [5.41, 5.74) is 6.64. The Morgan fingerprint density at radius 1 is 1.29 bits per heavy atom. The molecular weight excluding hydrogens is 258 g/mol. The maximum Gasteiger partial charge on any atom is 0.299 e. The Bertz CT molecular complexity index is 521. The Labute approximate surface area is 106 Å². The van der Waals surface area contributed by atoms with Gasteiger partial charge in [-0.25, -0.2) is 0 Å². The van der Waals surface area contributed by atoms with Gasteiger partial charge in [-0.05, 0) is 37.1 Å². The van der Waals surface area contributed by atoms with E-state index in [0.717, 1.165) is 12.8 Å². The first-order valence-corrected chi connectivity index (χ1v) is 7.05. The van der Waals surface area contributed by atoms with Gasteiger partial charge in [-0.3, -0.25) is 4.72 Å². The minimum Gasteiger partial charge on any atom is -0.389 e. The van der Waals surface area contributed by atoms with Crippen LogP contribution < -0.4 is 15.2 Å². The molecule has 0 heterocycles. The second kappa shape index (κ2) is 4.59. The second-order valence-corrected chi connectivity index (χ2v) is 5.83. The number of nitrogens with two attached hydrogens (primary N) is 1. The largest absolute Gasteiger partial charge is 0.389 e. The lowest BCUT2D eigenvalue weighted by Gasteiger charge is -2.08. The van der Waals surface area contributed by atoms with Crippen LogP contribution in [-0.2, 0) is 10.2 Å². The highest BCUT2D eigenvalue weighted by Crippen LogP contribution is 2.20. The van der Waals surface area contributed by atoms with E-state index < -0.39 is 10.2 Å². The molecule has 0 unspecified atom stereocenters. The highest BCUT2D eigenvalue weighted by atomic mass is 32.2. The highest BCUT2D eigenvalue weighted by Gasteiger charge is 2.26. The number of hydrogen-bond acceptors (Lipinski definition) is 3. The molecule has 0 bridgehead atoms. The molecule has 17 heavy (non-hydrogen) atoms. The molecule has 0 saturated heterocycles. The van der Waals surface area contributed by atoms with E-state index in [4.69, 9.17) is 18.0 Å². The third kappa shape index (κ3) is 3.65. The predicted molar refractivity (Wildman–Crippen MR) is 71.0 cm³/mol. The molecule has 0 amide bonds. The van der Waals surface area contributed by atoms with E-state index in [9.17, 15) is 8.42 Å². The van der Waals surface area contributed by atoms with Gasteiger partial charge in [-0.1, -0.05) is 12.2 Å². The van der Waals surface area contributed by atoms with Crippen LogP contribution in [0, 0.1) is 0 Å². The first-order chi connectivity index (χ1) is 7.96. The Hall–Kier alpha value is -1.18. The SMILES string of the molecule is NC(=S)c1ccc(NS(=O)(=O)NC2CC2)cc1. The normalized spacial score (nSPS) is 15.5. The van der Waals surface area contributed by atoms with Gasteiger partial charge in [0.15, 0.2) is 0 Å². The molecule has 1 aliphatic rings. The molecule has 1 saturated carbocycles. The van der Waals surface area contributed by atoms with E-state index in [1.165, 1.54) is 0 Å². The summed E-state index contributed by atoms with van der Waals surface area (Å²) in [7, 11) is -3.47. The van der Waals surface area contributed by atoms with Gasteiger partial charge in [0.1, 0.15) is 4.99 Å². The van der Waals surface area contributed by atoms with Gasteiger partial charge in [-0.15, -0.1) is 0 Å². The molecule has 2 rings (SSSR count). The molecule has 92 valence electrons. The number of thiocarbonyl (C=S) groups is 1. The number of rotatable bonds is 5. The first kappa shape index (κ1) is 12.3. The number of anilines is 1. The van der Waals surface area contributed by atoms with Crippen molar-refractivity contribution < 1.29 is 8.42 Å². The third-order valence-electron chi connectivity index (χ3n) is 2.32. The molecule has 0 spiro atoms. The van der Waals surface area contributed by atoms with Gasteiger partial charge in [-0.2, -0.15) is 13.1 Å². The lowest BCUT2D eigenvalue weighted by Crippen LogP contribution is -2.31. The zero-order valence-corrected chi connectivity index (χ0v) is 10.6. The monoisotopic (exact) mass is 271 g/mol. The van der Waals surface area contributed by atoms with Crippen LogP contribution in [0.15, 0.2) is 24.3 Å². The lowest BCUT2D eigenvalue weighted by atomic mass is 10.2. The van der Waals surface area contributed by atoms with Gasteiger partial charge < -0.3 is 5.73 Å². The smallest absolute Gasteiger partial charge is 0.299 e. The van der Waals surface area contributed by atoms with Gasteiger partial charge in [0.05, 0.1) is 0 Å². The molecule has 7 heteroatoms. The van der Waals surface area contributed by atoms with Crippen LogP contribution in [0.2, 0.25) is 0 Å². The Morgan fingerprint density at radius 2 is 1.88 bits per heavy atom. The fraction of sp³-hybridized carbons (Fsp3) is 0.300. The number of hydrogen-bond donors (Lipinski definition) is 3. The van der Waals surface area contributed by atoms with E-state index in [2.05, 4.69) is 9.44 Å². The average Bonchev–Trinajstić information content (AvgIpc) is 3.00. The molecule has 5 nitrogen and oxygen atoms in total. The van der Waals surface area contributed by atoms with Crippen LogP contribution in [-0.4, -0.2) is 19.4 Å². The summed E-state index contributed by atoms with van der Waals surface area (Å²) in [4.78, 5) is 0.288. The van der Waals surface area contributed by atoms with Crippen LogP contribution in [0.3, 0.4) is 0 Å². The summed E-state index contributed by atoms with van der Waals surface area (Å²) in [5.74, 6) is 0. The maximum absolute atomic E-state index is 11.6. The van der Waals surface area contributed by atoms with Crippen molar-refractivity contribution in [1.82, 2.24) is 4.72 Å². The Morgan fingerprint density at radius 3 is 2.35 bits per heavy atom. The Balaban J connectivity index is 2.05. The van der Waals surface area contributed by atoms with Crippen LogP contribution in [0.1, 0.15) is 18.4 Å². The van der Waals surface area contributed by atoms with Crippen LogP contribution in [0.25, 0.3) is 0 Å². The summed E-state index contributed by atoms with van der Waals surface area (Å²) in [6, 6.07) is 6.69. The first-order valence-electron chi connectivity index (χ1n) is 5.16. The van der Waals surface area contributed by atoms with Crippen molar-refractivity contribution >= 4 is 33.1 Å². The molecule has 0 aliphatic heterocycles. The maximum atomic E-state index is 11.6. The summed E-state index contributed by atoms with van der Waals surface area (Å²) in [6.45, 7) is 0. The average molecular weight is 271 g/mol. The summed E-state index contributed by atoms with van der Waals surface area (Å²) in [6.07, 6.45) is 1.81. The fourth-order valence-electron chi connectivity index (χ4n) is 1.31. The third-order valence-corrected chi connectivity index (χ3v) is 3.70. The minimum absolute atomic E-state index is 0.0865. The molecule has 4 N–H and O–H groups in total. The van der Waals surface area contributed by atoms with E-state index in [0.29, 0.717) is 11.3 Å². The van der Waals surface area contributed by atoms with E-state index in [-0.39, 0.29) is 11.0 Å². The number of benzene rings is 1. The van der Waals surface area contributed by atoms with Gasteiger partial charge >= 0.3 is 0 Å². The zero-order chi connectivity index (χ0) is 12.5. The number of nitrogens with one attached hydrogen (secondary N) is 2. The molecule has 0 aromatic heterocycles. The topological polar surface area (TPSA) is 84.2 Å². The van der Waals surface area contributed by atoms with Crippen molar-refractivity contribution in [1.29, 1.82) is 0 Å². The van der Waals surface area contributed by atoms with E-state index >= 15 is 0 Å². The quantitative estimate of drug-likeness (QED) is 0.689. The molecular formula is C10H13N3O2S2. The van der Waals surface area contributed by atoms with Crippen LogP contribution in [0.4, 0.5) is 5.69 Å². The standard InChI is InChI=1S/C10H13N3O2S2/c11-10(16)7-1-3-8(4-2-7)12-17(14,15)13-9-5-6-9/h1-4,9,12-13H,5-6H2,(H2,11,16). The van der Waals surface area contributed by atoms with Gasteiger partial charge in [0, 0.05) is 17.3 Å². The molecule has 1 aromatic rings. The van der Waals surface area contributed by atoms with Crippen molar-refractivity contribution in [2.24, 2.45) is 5.73 Å². The molecule has 0 atom stereocenters.